The first-order valence-corrected chi connectivity index (χ1v) is 11.9. The summed E-state index contributed by atoms with van der Waals surface area (Å²) in [6.45, 7) is 3.74. The largest absolute Gasteiger partial charge is 0.508 e. The van der Waals surface area contributed by atoms with Crippen LogP contribution in [0.2, 0.25) is 0 Å². The molecule has 4 amide bonds. The Kier molecular flexibility index (Phi) is 10.2. The van der Waals surface area contributed by atoms with Gasteiger partial charge in [0, 0.05) is 6.54 Å². The molecule has 5 atom stereocenters. The number of phenolic OH excluding ortho intramolecular Hbond substituents is 1. The number of rotatable bonds is 12. The van der Waals surface area contributed by atoms with Crippen LogP contribution in [0.15, 0.2) is 24.3 Å². The number of carbonyl (C=O) groups excluding carboxylic acids is 4. The first-order chi connectivity index (χ1) is 16.9. The normalized spacial score (nSPS) is 18.5. The fourth-order valence-corrected chi connectivity index (χ4v) is 4.09. The highest BCUT2D eigenvalue weighted by Gasteiger charge is 2.39. The number of benzene rings is 1. The number of nitrogens with two attached hydrogens (primary N) is 2. The Labute approximate surface area is 209 Å². The Morgan fingerprint density at radius 3 is 2.31 bits per heavy atom. The lowest BCUT2D eigenvalue weighted by Gasteiger charge is -2.30. The standard InChI is InChI=1S/C24H35N5O7/c1-3-13(2)20(28-21(32)16(25)11-14-6-8-15(30)9-7-14)22(33)27-17(12-19(26)31)23(34)29-10-4-5-18(29)24(35)36/h6-9,13,16-18,20,30H,3-5,10-12,25H2,1-2H3,(H2,26,31)(H,27,33)(H,28,32)(H,35,36). The van der Waals surface area contributed by atoms with Crippen LogP contribution in [0.5, 0.6) is 5.75 Å². The van der Waals surface area contributed by atoms with Gasteiger partial charge in [0.2, 0.25) is 23.6 Å². The van der Waals surface area contributed by atoms with Gasteiger partial charge in [-0.3, -0.25) is 19.2 Å². The van der Waals surface area contributed by atoms with Crippen molar-refractivity contribution in [3.63, 3.8) is 0 Å². The molecular formula is C24H35N5O7. The summed E-state index contributed by atoms with van der Waals surface area (Å²) in [6.07, 6.45) is 0.893. The Balaban J connectivity index is 2.15. The van der Waals surface area contributed by atoms with Crippen LogP contribution in [-0.4, -0.2) is 75.4 Å². The van der Waals surface area contributed by atoms with E-state index in [9.17, 15) is 34.2 Å². The fraction of sp³-hybridized carbons (Fsp3) is 0.542. The van der Waals surface area contributed by atoms with E-state index in [0.717, 1.165) is 4.90 Å². The number of likely N-dealkylation sites (tertiary alicyclic amines) is 1. The maximum Gasteiger partial charge on any atom is 0.326 e. The smallest absolute Gasteiger partial charge is 0.326 e. The first kappa shape index (κ1) is 28.6. The lowest BCUT2D eigenvalue weighted by molar-refractivity contribution is -0.149. The van der Waals surface area contributed by atoms with Gasteiger partial charge in [0.1, 0.15) is 23.9 Å². The summed E-state index contributed by atoms with van der Waals surface area (Å²) in [5.74, 6) is -4.30. The lowest BCUT2D eigenvalue weighted by atomic mass is 9.96. The van der Waals surface area contributed by atoms with Crippen molar-refractivity contribution in [3.8, 4) is 5.75 Å². The third-order valence-corrected chi connectivity index (χ3v) is 6.36. The average Bonchev–Trinajstić information content (AvgIpc) is 3.32. The molecule has 1 aliphatic heterocycles. The van der Waals surface area contributed by atoms with E-state index in [4.69, 9.17) is 11.5 Å². The second-order valence-corrected chi connectivity index (χ2v) is 9.11. The summed E-state index contributed by atoms with van der Waals surface area (Å²) in [6, 6.07) is 1.73. The molecule has 0 aliphatic carbocycles. The van der Waals surface area contributed by atoms with Crippen molar-refractivity contribution < 1.29 is 34.2 Å². The molecule has 0 saturated carbocycles. The number of hydrogen-bond acceptors (Lipinski definition) is 7. The zero-order valence-corrected chi connectivity index (χ0v) is 20.5. The Hall–Kier alpha value is -3.67. The summed E-state index contributed by atoms with van der Waals surface area (Å²) in [7, 11) is 0. The molecule has 36 heavy (non-hydrogen) atoms. The number of aromatic hydroxyl groups is 1. The van der Waals surface area contributed by atoms with E-state index in [2.05, 4.69) is 10.6 Å². The average molecular weight is 506 g/mol. The van der Waals surface area contributed by atoms with E-state index in [1.165, 1.54) is 12.1 Å². The molecule has 198 valence electrons. The van der Waals surface area contributed by atoms with Gasteiger partial charge in [-0.05, 0) is 42.9 Å². The second kappa shape index (κ2) is 12.9. The SMILES string of the molecule is CCC(C)C(NC(=O)C(N)Cc1ccc(O)cc1)C(=O)NC(CC(N)=O)C(=O)N1CCCC1C(=O)O. The van der Waals surface area contributed by atoms with Crippen molar-refractivity contribution in [2.24, 2.45) is 17.4 Å². The molecular weight excluding hydrogens is 470 g/mol. The second-order valence-electron chi connectivity index (χ2n) is 9.11. The number of nitrogens with one attached hydrogen (secondary N) is 2. The molecule has 0 aromatic heterocycles. The Morgan fingerprint density at radius 2 is 1.75 bits per heavy atom. The van der Waals surface area contributed by atoms with Crippen LogP contribution in [0, 0.1) is 5.92 Å². The number of hydrogen-bond donors (Lipinski definition) is 6. The van der Waals surface area contributed by atoms with Gasteiger partial charge in [-0.2, -0.15) is 0 Å². The van der Waals surface area contributed by atoms with Gasteiger partial charge in [-0.25, -0.2) is 4.79 Å². The zero-order valence-electron chi connectivity index (χ0n) is 20.5. The maximum atomic E-state index is 13.2. The van der Waals surface area contributed by atoms with E-state index < -0.39 is 60.2 Å². The molecule has 1 aromatic rings. The van der Waals surface area contributed by atoms with Crippen molar-refractivity contribution in [2.75, 3.05) is 6.54 Å². The third-order valence-electron chi connectivity index (χ3n) is 6.36. The first-order valence-electron chi connectivity index (χ1n) is 11.9. The Morgan fingerprint density at radius 1 is 1.11 bits per heavy atom. The maximum absolute atomic E-state index is 13.2. The molecule has 1 aromatic carbocycles. The highest BCUT2D eigenvalue weighted by Crippen LogP contribution is 2.20. The number of phenols is 1. The predicted octanol–water partition coefficient (Wildman–Crippen LogP) is -0.771. The summed E-state index contributed by atoms with van der Waals surface area (Å²) in [5.41, 5.74) is 12.0. The molecule has 8 N–H and O–H groups in total. The Bertz CT molecular complexity index is 968. The van der Waals surface area contributed by atoms with Gasteiger partial charge in [-0.1, -0.05) is 32.4 Å². The summed E-state index contributed by atoms with van der Waals surface area (Å²) in [4.78, 5) is 63.3. The van der Waals surface area contributed by atoms with Crippen molar-refractivity contribution in [3.05, 3.63) is 29.8 Å². The topological polar surface area (TPSA) is 205 Å². The van der Waals surface area contributed by atoms with Crippen LogP contribution in [0.3, 0.4) is 0 Å². The van der Waals surface area contributed by atoms with Gasteiger partial charge in [0.15, 0.2) is 0 Å². The molecule has 1 aliphatic rings. The molecule has 1 heterocycles. The van der Waals surface area contributed by atoms with Crippen LogP contribution in [0.25, 0.3) is 0 Å². The number of primary amides is 1. The minimum absolute atomic E-state index is 0.0777. The van der Waals surface area contributed by atoms with Crippen LogP contribution >= 0.6 is 0 Å². The lowest BCUT2D eigenvalue weighted by Crippen LogP contribution is -2.59. The van der Waals surface area contributed by atoms with E-state index >= 15 is 0 Å². The number of carbonyl (C=O) groups is 5. The highest BCUT2D eigenvalue weighted by molar-refractivity contribution is 5.96. The van der Waals surface area contributed by atoms with Gasteiger partial charge < -0.3 is 37.2 Å². The molecule has 0 spiro atoms. The van der Waals surface area contributed by atoms with Crippen molar-refractivity contribution in [1.29, 1.82) is 0 Å². The molecule has 0 radical (unpaired) electrons. The van der Waals surface area contributed by atoms with Crippen LogP contribution in [0.1, 0.15) is 45.1 Å². The van der Waals surface area contributed by atoms with Gasteiger partial charge in [0.25, 0.3) is 0 Å². The molecule has 5 unspecified atom stereocenters. The van der Waals surface area contributed by atoms with Gasteiger partial charge >= 0.3 is 5.97 Å². The number of carboxylic acid groups (broad SMARTS) is 1. The van der Waals surface area contributed by atoms with Gasteiger partial charge in [-0.15, -0.1) is 0 Å². The third kappa shape index (κ3) is 7.67. The minimum atomic E-state index is -1.37. The van der Waals surface area contributed by atoms with E-state index in [1.807, 2.05) is 6.92 Å². The number of carboxylic acids is 1. The molecule has 1 saturated heterocycles. The van der Waals surface area contributed by atoms with Crippen LogP contribution in [0.4, 0.5) is 0 Å². The van der Waals surface area contributed by atoms with E-state index in [0.29, 0.717) is 18.4 Å². The monoisotopic (exact) mass is 505 g/mol. The van der Waals surface area contributed by atoms with Crippen molar-refractivity contribution in [1.82, 2.24) is 15.5 Å². The van der Waals surface area contributed by atoms with E-state index in [1.54, 1.807) is 19.1 Å². The highest BCUT2D eigenvalue weighted by atomic mass is 16.4. The summed E-state index contributed by atoms with van der Waals surface area (Å²) < 4.78 is 0. The number of aliphatic carboxylic acids is 1. The number of amides is 4. The fourth-order valence-electron chi connectivity index (χ4n) is 4.09. The molecule has 0 bridgehead atoms. The van der Waals surface area contributed by atoms with Crippen LogP contribution < -0.4 is 22.1 Å². The van der Waals surface area contributed by atoms with Crippen molar-refractivity contribution >= 4 is 29.6 Å². The van der Waals surface area contributed by atoms with E-state index in [-0.39, 0.29) is 31.1 Å². The molecule has 1 fully saturated rings. The molecule has 12 nitrogen and oxygen atoms in total. The van der Waals surface area contributed by atoms with Crippen molar-refractivity contribution in [2.45, 2.75) is 70.1 Å². The molecule has 2 rings (SSSR count). The number of nitrogens with zero attached hydrogens (tertiary/aromatic N) is 1. The predicted molar refractivity (Wildman–Crippen MR) is 129 cm³/mol. The summed E-state index contributed by atoms with van der Waals surface area (Å²) in [5, 5.41) is 23.9. The minimum Gasteiger partial charge on any atom is -0.508 e. The van der Waals surface area contributed by atoms with Gasteiger partial charge in [0.05, 0.1) is 12.5 Å². The quantitative estimate of drug-likeness (QED) is 0.212. The molecule has 12 heteroatoms. The summed E-state index contributed by atoms with van der Waals surface area (Å²) >= 11 is 0. The van der Waals surface area contributed by atoms with Crippen LogP contribution in [-0.2, 0) is 30.4 Å². The zero-order chi connectivity index (χ0) is 27.0.